The molecule has 0 saturated carbocycles. The van der Waals surface area contributed by atoms with E-state index in [9.17, 15) is 0 Å². The van der Waals surface area contributed by atoms with E-state index in [1.54, 1.807) is 24.0 Å². The molecule has 1 rings (SSSR count). The van der Waals surface area contributed by atoms with Crippen LogP contribution in [0.15, 0.2) is 12.3 Å². The summed E-state index contributed by atoms with van der Waals surface area (Å²) in [5.41, 5.74) is 0. The standard InChI is InChI=1S/C5H7N2O/c1-7-5(8-2)3-4-6-7/h3-4H,2H2,1H3. The van der Waals surface area contributed by atoms with Crippen molar-refractivity contribution in [3.05, 3.63) is 19.4 Å². The predicted molar refractivity (Wildman–Crippen MR) is 29.2 cm³/mol. The normalized spacial score (nSPS) is 9.25. The Morgan fingerprint density at radius 2 is 2.62 bits per heavy atom. The summed E-state index contributed by atoms with van der Waals surface area (Å²) in [5.74, 6) is 0.671. The second-order valence-electron chi connectivity index (χ2n) is 1.44. The maximum atomic E-state index is 4.64. The molecular weight excluding hydrogens is 104 g/mol. The minimum atomic E-state index is 0.671. The topological polar surface area (TPSA) is 27.1 Å². The van der Waals surface area contributed by atoms with Gasteiger partial charge in [-0.2, -0.15) is 5.10 Å². The number of hydrogen-bond acceptors (Lipinski definition) is 2. The third-order valence-corrected chi connectivity index (χ3v) is 0.924. The van der Waals surface area contributed by atoms with Gasteiger partial charge in [-0.15, -0.1) is 0 Å². The molecule has 0 bridgehead atoms. The van der Waals surface area contributed by atoms with E-state index in [2.05, 4.69) is 16.9 Å². The lowest BCUT2D eigenvalue weighted by atomic mass is 10.7. The Labute approximate surface area is 47.9 Å². The number of aryl methyl sites for hydroxylation is 1. The van der Waals surface area contributed by atoms with E-state index < -0.39 is 0 Å². The second kappa shape index (κ2) is 1.86. The Bertz CT molecular complexity index is 171. The molecule has 0 unspecified atom stereocenters. The fourth-order valence-corrected chi connectivity index (χ4v) is 0.503. The van der Waals surface area contributed by atoms with Crippen molar-refractivity contribution >= 4 is 0 Å². The maximum absolute atomic E-state index is 4.64. The molecule has 1 aromatic rings. The van der Waals surface area contributed by atoms with Crippen LogP contribution in [-0.4, -0.2) is 9.78 Å². The number of ether oxygens (including phenoxy) is 1. The molecule has 8 heavy (non-hydrogen) atoms. The Morgan fingerprint density at radius 3 is 2.88 bits per heavy atom. The summed E-state index contributed by atoms with van der Waals surface area (Å²) in [4.78, 5) is 0. The molecule has 0 saturated heterocycles. The molecule has 43 valence electrons. The fourth-order valence-electron chi connectivity index (χ4n) is 0.503. The summed E-state index contributed by atoms with van der Waals surface area (Å²) in [6.45, 7) is 0. The molecule has 0 aliphatic rings. The Kier molecular flexibility index (Phi) is 1.20. The number of rotatable bonds is 1. The van der Waals surface area contributed by atoms with Gasteiger partial charge < -0.3 is 4.74 Å². The zero-order valence-corrected chi connectivity index (χ0v) is 4.66. The number of hydrogen-bond donors (Lipinski definition) is 0. The molecule has 1 heterocycles. The van der Waals surface area contributed by atoms with Crippen LogP contribution in [0.3, 0.4) is 0 Å². The summed E-state index contributed by atoms with van der Waals surface area (Å²) < 4.78 is 6.24. The predicted octanol–water partition coefficient (Wildman–Crippen LogP) is 0.590. The summed E-state index contributed by atoms with van der Waals surface area (Å²) in [5, 5.41) is 3.84. The lowest BCUT2D eigenvalue weighted by molar-refractivity contribution is 0.422. The SMILES string of the molecule is [CH2]Oc1ccnn1C. The molecule has 0 aromatic carbocycles. The molecule has 0 aliphatic heterocycles. The largest absolute Gasteiger partial charge is 0.474 e. The van der Waals surface area contributed by atoms with E-state index in [0.29, 0.717) is 5.88 Å². The molecule has 1 radical (unpaired) electrons. The molecule has 1 aromatic heterocycles. The van der Waals surface area contributed by atoms with Gasteiger partial charge in [-0.1, -0.05) is 0 Å². The van der Waals surface area contributed by atoms with E-state index in [4.69, 9.17) is 0 Å². The smallest absolute Gasteiger partial charge is 0.211 e. The molecule has 0 fully saturated rings. The summed E-state index contributed by atoms with van der Waals surface area (Å²) in [6.07, 6.45) is 1.65. The highest BCUT2D eigenvalue weighted by atomic mass is 16.5. The summed E-state index contributed by atoms with van der Waals surface area (Å²) >= 11 is 0. The zero-order valence-electron chi connectivity index (χ0n) is 4.66. The summed E-state index contributed by atoms with van der Waals surface area (Å²) in [6, 6.07) is 1.74. The van der Waals surface area contributed by atoms with Crippen molar-refractivity contribution in [3.63, 3.8) is 0 Å². The van der Waals surface area contributed by atoms with Crippen LogP contribution in [0, 0.1) is 7.11 Å². The average molecular weight is 111 g/mol. The van der Waals surface area contributed by atoms with E-state index in [1.807, 2.05) is 0 Å². The molecular formula is C5H7N2O. The van der Waals surface area contributed by atoms with Crippen molar-refractivity contribution in [2.45, 2.75) is 0 Å². The van der Waals surface area contributed by atoms with Gasteiger partial charge in [0.05, 0.1) is 6.20 Å². The van der Waals surface area contributed by atoms with Crippen molar-refractivity contribution in [3.8, 4) is 5.88 Å². The van der Waals surface area contributed by atoms with Crippen LogP contribution in [0.5, 0.6) is 5.88 Å². The van der Waals surface area contributed by atoms with Gasteiger partial charge in [0.15, 0.2) is 0 Å². The third-order valence-electron chi connectivity index (χ3n) is 0.924. The van der Waals surface area contributed by atoms with Gasteiger partial charge in [0.2, 0.25) is 5.88 Å². The van der Waals surface area contributed by atoms with Crippen molar-refractivity contribution in [1.82, 2.24) is 9.78 Å². The molecule has 0 spiro atoms. The van der Waals surface area contributed by atoms with Crippen LogP contribution in [0.25, 0.3) is 0 Å². The molecule has 3 nitrogen and oxygen atoms in total. The van der Waals surface area contributed by atoms with Crippen LogP contribution >= 0.6 is 0 Å². The summed E-state index contributed by atoms with van der Waals surface area (Å²) in [7, 11) is 5.02. The number of aromatic nitrogens is 2. The Morgan fingerprint density at radius 1 is 1.88 bits per heavy atom. The van der Waals surface area contributed by atoms with E-state index in [0.717, 1.165) is 0 Å². The van der Waals surface area contributed by atoms with E-state index >= 15 is 0 Å². The molecule has 0 atom stereocenters. The Balaban J connectivity index is 2.92. The first-order valence-corrected chi connectivity index (χ1v) is 2.24. The molecule has 0 aliphatic carbocycles. The van der Waals surface area contributed by atoms with Crippen LogP contribution in [0.2, 0.25) is 0 Å². The van der Waals surface area contributed by atoms with Gasteiger partial charge in [0.1, 0.15) is 7.11 Å². The first-order valence-electron chi connectivity index (χ1n) is 2.24. The highest BCUT2D eigenvalue weighted by Crippen LogP contribution is 2.04. The second-order valence-corrected chi connectivity index (χ2v) is 1.44. The maximum Gasteiger partial charge on any atom is 0.211 e. The van der Waals surface area contributed by atoms with Crippen molar-refractivity contribution in [1.29, 1.82) is 0 Å². The van der Waals surface area contributed by atoms with Crippen molar-refractivity contribution in [2.75, 3.05) is 0 Å². The van der Waals surface area contributed by atoms with Gasteiger partial charge in [-0.25, -0.2) is 4.68 Å². The average Bonchev–Trinajstić information content (AvgIpc) is 2.14. The van der Waals surface area contributed by atoms with Gasteiger partial charge >= 0.3 is 0 Å². The number of nitrogens with zero attached hydrogens (tertiary/aromatic N) is 2. The zero-order chi connectivity index (χ0) is 5.98. The van der Waals surface area contributed by atoms with Crippen LogP contribution < -0.4 is 4.74 Å². The van der Waals surface area contributed by atoms with Gasteiger partial charge in [0, 0.05) is 13.1 Å². The lowest BCUT2D eigenvalue weighted by Crippen LogP contribution is -1.92. The Hall–Kier alpha value is -0.990. The van der Waals surface area contributed by atoms with Crippen molar-refractivity contribution < 1.29 is 4.74 Å². The van der Waals surface area contributed by atoms with E-state index in [-0.39, 0.29) is 0 Å². The van der Waals surface area contributed by atoms with Crippen LogP contribution in [0.4, 0.5) is 0 Å². The van der Waals surface area contributed by atoms with Gasteiger partial charge in [0.25, 0.3) is 0 Å². The van der Waals surface area contributed by atoms with Crippen LogP contribution in [0.1, 0.15) is 0 Å². The van der Waals surface area contributed by atoms with E-state index in [1.165, 1.54) is 0 Å². The van der Waals surface area contributed by atoms with Crippen molar-refractivity contribution in [2.24, 2.45) is 7.05 Å². The molecule has 0 amide bonds. The minimum absolute atomic E-state index is 0.671. The van der Waals surface area contributed by atoms with Crippen LogP contribution in [-0.2, 0) is 7.05 Å². The highest BCUT2D eigenvalue weighted by Gasteiger charge is 1.91. The van der Waals surface area contributed by atoms with Gasteiger partial charge in [-0.05, 0) is 0 Å². The first-order chi connectivity index (χ1) is 3.84. The minimum Gasteiger partial charge on any atom is -0.474 e. The van der Waals surface area contributed by atoms with Gasteiger partial charge in [-0.3, -0.25) is 0 Å². The first kappa shape index (κ1) is 5.15. The lowest BCUT2D eigenvalue weighted by Gasteiger charge is -1.95. The monoisotopic (exact) mass is 111 g/mol. The quantitative estimate of drug-likeness (QED) is 0.530. The highest BCUT2D eigenvalue weighted by molar-refractivity contribution is 5.06. The molecule has 0 N–H and O–H groups in total. The third kappa shape index (κ3) is 0.665. The molecule has 3 heteroatoms. The fraction of sp³-hybridized carbons (Fsp3) is 0.200.